The molecule has 0 aromatic carbocycles. The highest BCUT2D eigenvalue weighted by Crippen LogP contribution is 2.19. The summed E-state index contributed by atoms with van der Waals surface area (Å²) in [7, 11) is 0.367. The van der Waals surface area contributed by atoms with Crippen LogP contribution in [0.2, 0.25) is 0 Å². The van der Waals surface area contributed by atoms with Crippen LogP contribution in [-0.2, 0) is 10.0 Å². The number of piperidine rings is 1. The Hall–Kier alpha value is -0.820. The molecule has 0 aliphatic carbocycles. The molecule has 7 heteroatoms. The predicted molar refractivity (Wildman–Crippen MR) is 69.6 cm³/mol. The molecule has 0 radical (unpaired) electrons. The maximum absolute atomic E-state index is 11.6. The quantitative estimate of drug-likeness (QED) is 0.536. The van der Waals surface area contributed by atoms with E-state index in [9.17, 15) is 8.42 Å². The Morgan fingerprint density at radius 3 is 2.71 bits per heavy atom. The number of guanidine groups is 1. The molecule has 0 saturated carbocycles. The largest absolute Gasteiger partial charge is 0.359 e. The maximum atomic E-state index is 11.6. The summed E-state index contributed by atoms with van der Waals surface area (Å²) in [6.45, 7) is 1.23. The summed E-state index contributed by atoms with van der Waals surface area (Å²) in [6, 6.07) is 0.0313. The van der Waals surface area contributed by atoms with Crippen LogP contribution in [-0.4, -0.2) is 58.2 Å². The third-order valence-corrected chi connectivity index (χ3v) is 4.30. The zero-order valence-electron chi connectivity index (χ0n) is 10.7. The first kappa shape index (κ1) is 14.2. The molecule has 2 N–H and O–H groups in total. The van der Waals surface area contributed by atoms with Crippen molar-refractivity contribution in [3.05, 3.63) is 0 Å². The van der Waals surface area contributed by atoms with Gasteiger partial charge in [-0.05, 0) is 12.8 Å². The van der Waals surface area contributed by atoms with Gasteiger partial charge in [-0.1, -0.05) is 6.42 Å². The van der Waals surface area contributed by atoms with Crippen molar-refractivity contribution in [2.24, 2.45) is 4.99 Å². The zero-order chi connectivity index (χ0) is 12.9. The molecule has 6 nitrogen and oxygen atoms in total. The normalized spacial score (nSPS) is 23.5. The number of rotatable bonds is 3. The molecule has 0 spiro atoms. The second kappa shape index (κ2) is 6.20. The van der Waals surface area contributed by atoms with Crippen LogP contribution in [0.3, 0.4) is 0 Å². The molecule has 1 aliphatic rings. The number of hydrogen-bond acceptors (Lipinski definition) is 3. The summed E-state index contributed by atoms with van der Waals surface area (Å²) >= 11 is 0. The van der Waals surface area contributed by atoms with E-state index in [1.54, 1.807) is 18.4 Å². The minimum absolute atomic E-state index is 0.0313. The summed E-state index contributed by atoms with van der Waals surface area (Å²) in [5, 5.41) is 6.04. The summed E-state index contributed by atoms with van der Waals surface area (Å²) in [5.74, 6) is 0.684. The number of hydrogen-bond donors (Lipinski definition) is 2. The molecule has 0 aromatic heterocycles. The monoisotopic (exact) mass is 262 g/mol. The van der Waals surface area contributed by atoms with Crippen molar-refractivity contribution in [2.75, 3.05) is 33.4 Å². The van der Waals surface area contributed by atoms with E-state index in [1.165, 1.54) is 6.26 Å². The molecule has 1 aliphatic heterocycles. The van der Waals surface area contributed by atoms with Crippen molar-refractivity contribution in [2.45, 2.75) is 25.3 Å². The highest BCUT2D eigenvalue weighted by atomic mass is 32.2. The molecule has 100 valence electrons. The van der Waals surface area contributed by atoms with Gasteiger partial charge in [0.15, 0.2) is 5.96 Å². The average molecular weight is 262 g/mol. The Bertz CT molecular complexity index is 367. The zero-order valence-corrected chi connectivity index (χ0v) is 11.5. The van der Waals surface area contributed by atoms with Crippen molar-refractivity contribution < 1.29 is 8.42 Å². The van der Waals surface area contributed by atoms with E-state index >= 15 is 0 Å². The number of nitrogens with zero attached hydrogens (tertiary/aromatic N) is 2. The van der Waals surface area contributed by atoms with Crippen molar-refractivity contribution in [3.8, 4) is 0 Å². The first-order chi connectivity index (χ1) is 7.99. The molecule has 1 fully saturated rings. The molecule has 1 atom stereocenters. The van der Waals surface area contributed by atoms with Crippen LogP contribution in [0.25, 0.3) is 0 Å². The van der Waals surface area contributed by atoms with Gasteiger partial charge >= 0.3 is 0 Å². The van der Waals surface area contributed by atoms with Gasteiger partial charge in [0.25, 0.3) is 0 Å². The summed E-state index contributed by atoms with van der Waals surface area (Å²) in [5.41, 5.74) is 0. The molecule has 1 saturated heterocycles. The number of sulfonamides is 1. The van der Waals surface area contributed by atoms with Crippen LogP contribution < -0.4 is 10.6 Å². The van der Waals surface area contributed by atoms with Gasteiger partial charge in [0.1, 0.15) is 0 Å². The van der Waals surface area contributed by atoms with Crippen LogP contribution in [0.15, 0.2) is 4.99 Å². The van der Waals surface area contributed by atoms with Crippen molar-refractivity contribution in [3.63, 3.8) is 0 Å². The molecular formula is C10H22N4O2S. The van der Waals surface area contributed by atoms with Gasteiger partial charge in [-0.3, -0.25) is 4.99 Å². The van der Waals surface area contributed by atoms with Gasteiger partial charge in [0, 0.05) is 33.2 Å². The van der Waals surface area contributed by atoms with Gasteiger partial charge in [-0.2, -0.15) is 4.31 Å². The average Bonchev–Trinajstić information content (AvgIpc) is 2.29. The maximum Gasteiger partial charge on any atom is 0.211 e. The van der Waals surface area contributed by atoms with E-state index in [2.05, 4.69) is 15.6 Å². The molecular weight excluding hydrogens is 240 g/mol. The Balaban J connectivity index is 2.61. The van der Waals surface area contributed by atoms with Crippen molar-refractivity contribution in [1.29, 1.82) is 0 Å². The fraction of sp³-hybridized carbons (Fsp3) is 0.900. The van der Waals surface area contributed by atoms with Gasteiger partial charge in [0.05, 0.1) is 6.26 Å². The number of aliphatic imine (C=N–C) groups is 1. The number of nitrogens with one attached hydrogen (secondary N) is 2. The Morgan fingerprint density at radius 2 is 2.18 bits per heavy atom. The standard InChI is InChI=1S/C10H22N4O2S/c1-11-10(12-2)13-8-9-6-4-5-7-14(9)17(3,15)16/h9H,4-8H2,1-3H3,(H2,11,12,13). The second-order valence-corrected chi connectivity index (χ2v) is 6.16. The summed E-state index contributed by atoms with van der Waals surface area (Å²) in [4.78, 5) is 4.00. The molecule has 0 amide bonds. The van der Waals surface area contributed by atoms with E-state index < -0.39 is 10.0 Å². The Morgan fingerprint density at radius 1 is 1.47 bits per heavy atom. The fourth-order valence-electron chi connectivity index (χ4n) is 2.11. The van der Waals surface area contributed by atoms with E-state index in [1.807, 2.05) is 0 Å². The van der Waals surface area contributed by atoms with E-state index in [0.29, 0.717) is 19.0 Å². The van der Waals surface area contributed by atoms with Gasteiger partial charge < -0.3 is 10.6 Å². The van der Waals surface area contributed by atoms with E-state index in [0.717, 1.165) is 19.3 Å². The van der Waals surface area contributed by atoms with Gasteiger partial charge in [0.2, 0.25) is 10.0 Å². The highest BCUT2D eigenvalue weighted by molar-refractivity contribution is 7.88. The lowest BCUT2D eigenvalue weighted by Gasteiger charge is -2.33. The fourth-order valence-corrected chi connectivity index (χ4v) is 3.29. The molecule has 0 bridgehead atoms. The first-order valence-electron chi connectivity index (χ1n) is 5.84. The highest BCUT2D eigenvalue weighted by Gasteiger charge is 2.29. The second-order valence-electron chi connectivity index (χ2n) is 4.23. The minimum Gasteiger partial charge on any atom is -0.359 e. The van der Waals surface area contributed by atoms with Gasteiger partial charge in [-0.15, -0.1) is 0 Å². The van der Waals surface area contributed by atoms with Crippen LogP contribution in [0.4, 0.5) is 0 Å². The third-order valence-electron chi connectivity index (χ3n) is 2.96. The SMILES string of the molecule is CN=C(NC)NCC1CCCCN1S(C)(=O)=O. The van der Waals surface area contributed by atoms with E-state index in [4.69, 9.17) is 0 Å². The summed E-state index contributed by atoms with van der Waals surface area (Å²) < 4.78 is 24.9. The smallest absolute Gasteiger partial charge is 0.211 e. The lowest BCUT2D eigenvalue weighted by atomic mass is 10.1. The predicted octanol–water partition coefficient (Wildman–Crippen LogP) is -0.405. The lowest BCUT2D eigenvalue weighted by Crippen LogP contribution is -2.50. The van der Waals surface area contributed by atoms with Gasteiger partial charge in [-0.25, -0.2) is 8.42 Å². The van der Waals surface area contributed by atoms with Crippen LogP contribution in [0, 0.1) is 0 Å². The third kappa shape index (κ3) is 4.16. The first-order valence-corrected chi connectivity index (χ1v) is 7.69. The van der Waals surface area contributed by atoms with Crippen molar-refractivity contribution >= 4 is 16.0 Å². The molecule has 1 heterocycles. The Kier molecular flexibility index (Phi) is 5.20. The molecule has 17 heavy (non-hydrogen) atoms. The van der Waals surface area contributed by atoms with Crippen molar-refractivity contribution in [1.82, 2.24) is 14.9 Å². The van der Waals surface area contributed by atoms with Crippen LogP contribution in [0.1, 0.15) is 19.3 Å². The summed E-state index contributed by atoms with van der Waals surface area (Å²) in [6.07, 6.45) is 4.21. The van der Waals surface area contributed by atoms with Crippen LogP contribution >= 0.6 is 0 Å². The minimum atomic E-state index is -3.10. The molecule has 1 unspecified atom stereocenters. The lowest BCUT2D eigenvalue weighted by molar-refractivity contribution is 0.253. The molecule has 1 rings (SSSR count). The Labute approximate surface area is 104 Å². The molecule has 0 aromatic rings. The topological polar surface area (TPSA) is 73.8 Å². The van der Waals surface area contributed by atoms with Crippen LogP contribution in [0.5, 0.6) is 0 Å². The van der Waals surface area contributed by atoms with E-state index in [-0.39, 0.29) is 6.04 Å².